The molecule has 0 aliphatic rings. The lowest BCUT2D eigenvalue weighted by atomic mass is 10.2. The number of amides is 2. The van der Waals surface area contributed by atoms with Gasteiger partial charge in [0.05, 0.1) is 12.8 Å². The number of nitrogens with zero attached hydrogens (tertiary/aromatic N) is 1. The Bertz CT molecular complexity index is 762. The third-order valence-electron chi connectivity index (χ3n) is 3.43. The Hall–Kier alpha value is -2.53. The van der Waals surface area contributed by atoms with Crippen LogP contribution in [0.4, 0.5) is 11.4 Å². The Kier molecular flexibility index (Phi) is 5.82. The van der Waals surface area contributed by atoms with Crippen LogP contribution in [0.5, 0.6) is 5.75 Å². The summed E-state index contributed by atoms with van der Waals surface area (Å²) < 4.78 is 5.20. The zero-order valence-electron chi connectivity index (χ0n) is 13.8. The van der Waals surface area contributed by atoms with Gasteiger partial charge in [-0.1, -0.05) is 23.7 Å². The number of benzene rings is 2. The minimum atomic E-state index is -0.340. The highest BCUT2D eigenvalue weighted by atomic mass is 35.5. The molecule has 6 heteroatoms. The first-order valence-corrected chi connectivity index (χ1v) is 7.76. The van der Waals surface area contributed by atoms with Crippen LogP contribution in [0.3, 0.4) is 0 Å². The lowest BCUT2D eigenvalue weighted by molar-refractivity contribution is -0.120. The third kappa shape index (κ3) is 4.49. The second-order valence-corrected chi connectivity index (χ2v) is 5.77. The van der Waals surface area contributed by atoms with E-state index in [0.717, 1.165) is 5.56 Å². The maximum Gasteiger partial charge on any atom is 0.244 e. The van der Waals surface area contributed by atoms with Crippen molar-refractivity contribution >= 4 is 34.8 Å². The highest BCUT2D eigenvalue weighted by Gasteiger charge is 2.17. The van der Waals surface area contributed by atoms with E-state index in [1.807, 2.05) is 25.1 Å². The zero-order chi connectivity index (χ0) is 17.7. The number of carbonyl (C=O) groups is 2. The van der Waals surface area contributed by atoms with Gasteiger partial charge in [0, 0.05) is 17.6 Å². The molecule has 0 unspecified atom stereocenters. The van der Waals surface area contributed by atoms with Gasteiger partial charge in [0.25, 0.3) is 0 Å². The van der Waals surface area contributed by atoms with Gasteiger partial charge >= 0.3 is 0 Å². The summed E-state index contributed by atoms with van der Waals surface area (Å²) in [6.45, 7) is 3.25. The predicted molar refractivity (Wildman–Crippen MR) is 95.8 cm³/mol. The summed E-state index contributed by atoms with van der Waals surface area (Å²) in [4.78, 5) is 25.7. The van der Waals surface area contributed by atoms with Crippen LogP contribution in [0, 0.1) is 6.92 Å². The van der Waals surface area contributed by atoms with E-state index < -0.39 is 0 Å². The van der Waals surface area contributed by atoms with Crippen molar-refractivity contribution in [3.05, 3.63) is 53.1 Å². The molecule has 0 heterocycles. The fourth-order valence-corrected chi connectivity index (χ4v) is 2.46. The summed E-state index contributed by atoms with van der Waals surface area (Å²) in [6.07, 6.45) is 0. The van der Waals surface area contributed by atoms with Crippen molar-refractivity contribution in [3.63, 3.8) is 0 Å². The van der Waals surface area contributed by atoms with E-state index in [1.54, 1.807) is 24.3 Å². The molecule has 0 radical (unpaired) electrons. The van der Waals surface area contributed by atoms with Crippen LogP contribution in [0.1, 0.15) is 12.5 Å². The van der Waals surface area contributed by atoms with Gasteiger partial charge < -0.3 is 15.0 Å². The van der Waals surface area contributed by atoms with Crippen molar-refractivity contribution in [2.45, 2.75) is 13.8 Å². The van der Waals surface area contributed by atoms with E-state index in [-0.39, 0.29) is 18.4 Å². The topological polar surface area (TPSA) is 58.6 Å². The summed E-state index contributed by atoms with van der Waals surface area (Å²) in [5.74, 6) is -0.0567. The Labute approximate surface area is 146 Å². The monoisotopic (exact) mass is 346 g/mol. The Morgan fingerprint density at radius 3 is 2.58 bits per heavy atom. The molecule has 1 N–H and O–H groups in total. The molecular formula is C18H19ClN2O3. The molecule has 0 aromatic heterocycles. The van der Waals surface area contributed by atoms with Crippen molar-refractivity contribution in [2.24, 2.45) is 0 Å². The first-order valence-electron chi connectivity index (χ1n) is 7.39. The highest BCUT2D eigenvalue weighted by molar-refractivity contribution is 6.31. The molecule has 2 rings (SSSR count). The van der Waals surface area contributed by atoms with Gasteiger partial charge in [-0.2, -0.15) is 0 Å². The lowest BCUT2D eigenvalue weighted by Gasteiger charge is -2.21. The number of halogens is 1. The minimum absolute atomic E-state index is 0.103. The molecule has 0 saturated heterocycles. The number of aryl methyl sites for hydroxylation is 1. The van der Waals surface area contributed by atoms with Crippen LogP contribution in [0.25, 0.3) is 0 Å². The number of rotatable bonds is 5. The number of hydrogen-bond donors (Lipinski definition) is 1. The number of methoxy groups -OCH3 is 1. The van der Waals surface area contributed by atoms with Crippen molar-refractivity contribution in [1.29, 1.82) is 0 Å². The lowest BCUT2D eigenvalue weighted by Crippen LogP contribution is -2.36. The summed E-state index contributed by atoms with van der Waals surface area (Å²) in [5, 5.41) is 3.21. The quantitative estimate of drug-likeness (QED) is 0.899. The molecule has 2 amide bonds. The van der Waals surface area contributed by atoms with Gasteiger partial charge in [0.2, 0.25) is 11.8 Å². The average Bonchev–Trinajstić information content (AvgIpc) is 2.52. The molecule has 0 spiro atoms. The molecule has 0 aliphatic heterocycles. The maximum absolute atomic E-state index is 12.4. The summed E-state index contributed by atoms with van der Waals surface area (Å²) in [7, 11) is 1.51. The molecule has 0 bridgehead atoms. The van der Waals surface area contributed by atoms with Crippen LogP contribution < -0.4 is 15.0 Å². The van der Waals surface area contributed by atoms with Crippen molar-refractivity contribution in [3.8, 4) is 5.75 Å². The van der Waals surface area contributed by atoms with E-state index in [2.05, 4.69) is 5.32 Å². The van der Waals surface area contributed by atoms with Crippen LogP contribution in [-0.4, -0.2) is 25.5 Å². The van der Waals surface area contributed by atoms with E-state index in [1.165, 1.54) is 18.9 Å². The number of anilines is 2. The fraction of sp³-hybridized carbons (Fsp3) is 0.222. The standard InChI is InChI=1S/C18H19ClN2O3/c1-12-5-4-6-15(9-12)21(13(2)22)11-18(23)20-16-10-14(19)7-8-17(16)24-3/h4-10H,11H2,1-3H3,(H,20,23). The van der Waals surface area contributed by atoms with Crippen LogP contribution in [0.2, 0.25) is 5.02 Å². The maximum atomic E-state index is 12.4. The number of hydrogen-bond acceptors (Lipinski definition) is 3. The van der Waals surface area contributed by atoms with Crippen molar-refractivity contribution < 1.29 is 14.3 Å². The molecule has 2 aromatic carbocycles. The molecule has 24 heavy (non-hydrogen) atoms. The minimum Gasteiger partial charge on any atom is -0.495 e. The molecule has 0 aliphatic carbocycles. The van der Waals surface area contributed by atoms with Gasteiger partial charge in [0.1, 0.15) is 12.3 Å². The first-order chi connectivity index (χ1) is 11.4. The van der Waals surface area contributed by atoms with E-state index in [4.69, 9.17) is 16.3 Å². The van der Waals surface area contributed by atoms with Gasteiger partial charge in [-0.05, 0) is 42.8 Å². The van der Waals surface area contributed by atoms with Crippen LogP contribution >= 0.6 is 11.6 Å². The SMILES string of the molecule is COc1ccc(Cl)cc1NC(=O)CN(C(C)=O)c1cccc(C)c1. The van der Waals surface area contributed by atoms with Crippen molar-refractivity contribution in [1.82, 2.24) is 0 Å². The average molecular weight is 347 g/mol. The molecule has 0 saturated carbocycles. The normalized spacial score (nSPS) is 10.2. The van der Waals surface area contributed by atoms with Crippen molar-refractivity contribution in [2.75, 3.05) is 23.9 Å². The Balaban J connectivity index is 2.17. The molecule has 2 aromatic rings. The molecular weight excluding hydrogens is 328 g/mol. The summed E-state index contributed by atoms with van der Waals surface area (Å²) in [5.41, 5.74) is 2.15. The Morgan fingerprint density at radius 2 is 1.96 bits per heavy atom. The summed E-state index contributed by atoms with van der Waals surface area (Å²) >= 11 is 5.96. The van der Waals surface area contributed by atoms with E-state index in [9.17, 15) is 9.59 Å². The second-order valence-electron chi connectivity index (χ2n) is 5.34. The van der Waals surface area contributed by atoms with Gasteiger partial charge in [-0.3, -0.25) is 9.59 Å². The molecule has 126 valence electrons. The first kappa shape index (κ1) is 17.8. The molecule has 0 fully saturated rings. The smallest absolute Gasteiger partial charge is 0.244 e. The largest absolute Gasteiger partial charge is 0.495 e. The third-order valence-corrected chi connectivity index (χ3v) is 3.67. The number of ether oxygens (including phenoxy) is 1. The summed E-state index contributed by atoms with van der Waals surface area (Å²) in [6, 6.07) is 12.4. The van der Waals surface area contributed by atoms with E-state index >= 15 is 0 Å². The van der Waals surface area contributed by atoms with Gasteiger partial charge in [0.15, 0.2) is 0 Å². The fourth-order valence-electron chi connectivity index (χ4n) is 2.29. The predicted octanol–water partition coefficient (Wildman–Crippen LogP) is 3.65. The molecule has 0 atom stereocenters. The van der Waals surface area contributed by atoms with E-state index in [0.29, 0.717) is 22.1 Å². The van der Waals surface area contributed by atoms with Crippen LogP contribution in [0.15, 0.2) is 42.5 Å². The van der Waals surface area contributed by atoms with Crippen LogP contribution in [-0.2, 0) is 9.59 Å². The molecule has 5 nitrogen and oxygen atoms in total. The second kappa shape index (κ2) is 7.84. The number of carbonyl (C=O) groups excluding carboxylic acids is 2. The number of nitrogens with one attached hydrogen (secondary N) is 1. The zero-order valence-corrected chi connectivity index (χ0v) is 14.6. The highest BCUT2D eigenvalue weighted by Crippen LogP contribution is 2.27. The van der Waals surface area contributed by atoms with Gasteiger partial charge in [-0.25, -0.2) is 0 Å². The van der Waals surface area contributed by atoms with Gasteiger partial charge in [-0.15, -0.1) is 0 Å². The Morgan fingerprint density at radius 1 is 1.21 bits per heavy atom.